The molecule has 23 heavy (non-hydrogen) atoms. The summed E-state index contributed by atoms with van der Waals surface area (Å²) in [6.45, 7) is 7.21. The first-order chi connectivity index (χ1) is 10.8. The van der Waals surface area contributed by atoms with E-state index in [1.807, 2.05) is 26.8 Å². The van der Waals surface area contributed by atoms with Crippen molar-refractivity contribution < 1.29 is 19.5 Å². The predicted octanol–water partition coefficient (Wildman–Crippen LogP) is 1.65. The van der Waals surface area contributed by atoms with Crippen LogP contribution in [0.2, 0.25) is 0 Å². The number of nitrogens with one attached hydrogen (secondary N) is 2. The topological polar surface area (TPSA) is 95.5 Å². The van der Waals surface area contributed by atoms with Crippen molar-refractivity contribution in [3.05, 3.63) is 34.9 Å². The maximum atomic E-state index is 12.0. The molecule has 6 heteroatoms. The number of benzene rings is 1. The standard InChI is InChI=1S/C17H24N2O4/c1-5-10(2)15(17(22)23)19-14(20)9-18-16(21)13-7-6-11(3)12(4)8-13/h6-8,10,15H,5,9H2,1-4H3,(H,18,21)(H,19,20)(H,22,23)/t10-,15-/m0/s1. The van der Waals surface area contributed by atoms with Gasteiger partial charge in [0.25, 0.3) is 5.91 Å². The van der Waals surface area contributed by atoms with Crippen LogP contribution in [0.4, 0.5) is 0 Å². The lowest BCUT2D eigenvalue weighted by Gasteiger charge is -2.20. The van der Waals surface area contributed by atoms with Crippen LogP contribution in [0.5, 0.6) is 0 Å². The Morgan fingerprint density at radius 3 is 2.35 bits per heavy atom. The molecule has 2 amide bonds. The van der Waals surface area contributed by atoms with Crippen molar-refractivity contribution in [1.29, 1.82) is 0 Å². The lowest BCUT2D eigenvalue weighted by atomic mass is 9.99. The van der Waals surface area contributed by atoms with Gasteiger partial charge >= 0.3 is 5.97 Å². The lowest BCUT2D eigenvalue weighted by Crippen LogP contribution is -2.48. The van der Waals surface area contributed by atoms with E-state index >= 15 is 0 Å². The molecule has 0 saturated carbocycles. The van der Waals surface area contributed by atoms with Crippen LogP contribution in [-0.2, 0) is 9.59 Å². The average molecular weight is 320 g/mol. The van der Waals surface area contributed by atoms with Crippen molar-refractivity contribution in [2.75, 3.05) is 6.54 Å². The van der Waals surface area contributed by atoms with Gasteiger partial charge in [-0.2, -0.15) is 0 Å². The fourth-order valence-corrected chi connectivity index (χ4v) is 2.05. The molecule has 1 rings (SSSR count). The van der Waals surface area contributed by atoms with E-state index in [0.29, 0.717) is 12.0 Å². The molecule has 0 heterocycles. The fraction of sp³-hybridized carbons (Fsp3) is 0.471. The molecule has 3 N–H and O–H groups in total. The van der Waals surface area contributed by atoms with E-state index in [1.165, 1.54) is 0 Å². The first-order valence-corrected chi connectivity index (χ1v) is 7.63. The smallest absolute Gasteiger partial charge is 0.326 e. The molecule has 1 aromatic rings. The minimum Gasteiger partial charge on any atom is -0.480 e. The molecule has 2 atom stereocenters. The van der Waals surface area contributed by atoms with Crippen LogP contribution in [0.3, 0.4) is 0 Å². The molecular weight excluding hydrogens is 296 g/mol. The summed E-state index contributed by atoms with van der Waals surface area (Å²) in [6, 6.07) is 4.33. The maximum Gasteiger partial charge on any atom is 0.326 e. The van der Waals surface area contributed by atoms with Crippen molar-refractivity contribution >= 4 is 17.8 Å². The molecule has 0 fully saturated rings. The molecule has 0 spiro atoms. The first-order valence-electron chi connectivity index (χ1n) is 7.63. The Hall–Kier alpha value is -2.37. The monoisotopic (exact) mass is 320 g/mol. The molecule has 0 radical (unpaired) electrons. The highest BCUT2D eigenvalue weighted by Gasteiger charge is 2.25. The van der Waals surface area contributed by atoms with Gasteiger partial charge in [-0.05, 0) is 43.0 Å². The van der Waals surface area contributed by atoms with Gasteiger partial charge < -0.3 is 15.7 Å². The Bertz CT molecular complexity index is 598. The number of carbonyl (C=O) groups is 3. The predicted molar refractivity (Wildman–Crippen MR) is 87.3 cm³/mol. The van der Waals surface area contributed by atoms with Crippen molar-refractivity contribution in [3.63, 3.8) is 0 Å². The third-order valence-corrected chi connectivity index (χ3v) is 3.97. The fourth-order valence-electron chi connectivity index (χ4n) is 2.05. The summed E-state index contributed by atoms with van der Waals surface area (Å²) in [5.41, 5.74) is 2.54. The van der Waals surface area contributed by atoms with Gasteiger partial charge in [0.2, 0.25) is 5.91 Å². The number of carboxylic acids is 1. The van der Waals surface area contributed by atoms with Crippen LogP contribution >= 0.6 is 0 Å². The number of amides is 2. The van der Waals surface area contributed by atoms with E-state index in [9.17, 15) is 14.4 Å². The minimum atomic E-state index is -1.08. The maximum absolute atomic E-state index is 12.0. The second kappa shape index (κ2) is 8.31. The molecule has 0 bridgehead atoms. The second-order valence-corrected chi connectivity index (χ2v) is 5.75. The van der Waals surface area contributed by atoms with E-state index < -0.39 is 17.9 Å². The van der Waals surface area contributed by atoms with Gasteiger partial charge in [0.05, 0.1) is 6.54 Å². The highest BCUT2D eigenvalue weighted by molar-refractivity contribution is 5.97. The van der Waals surface area contributed by atoms with Crippen molar-refractivity contribution in [2.24, 2.45) is 5.92 Å². The van der Waals surface area contributed by atoms with Crippen LogP contribution in [0.25, 0.3) is 0 Å². The lowest BCUT2D eigenvalue weighted by molar-refractivity contribution is -0.143. The number of hydrogen-bond donors (Lipinski definition) is 3. The minimum absolute atomic E-state index is 0.188. The Labute approximate surface area is 136 Å². The third kappa shape index (κ3) is 5.39. The zero-order valence-corrected chi connectivity index (χ0v) is 14.0. The molecule has 0 aliphatic rings. The van der Waals surface area contributed by atoms with Crippen molar-refractivity contribution in [3.8, 4) is 0 Å². The van der Waals surface area contributed by atoms with Crippen LogP contribution in [0.15, 0.2) is 18.2 Å². The van der Waals surface area contributed by atoms with Crippen molar-refractivity contribution in [2.45, 2.75) is 40.2 Å². The van der Waals surface area contributed by atoms with Gasteiger partial charge in [0.1, 0.15) is 6.04 Å². The van der Waals surface area contributed by atoms with Gasteiger partial charge in [-0.15, -0.1) is 0 Å². The number of aliphatic carboxylic acids is 1. The van der Waals surface area contributed by atoms with Gasteiger partial charge in [0.15, 0.2) is 0 Å². The second-order valence-electron chi connectivity index (χ2n) is 5.75. The number of carboxylic acid groups (broad SMARTS) is 1. The zero-order chi connectivity index (χ0) is 17.6. The SMILES string of the molecule is CC[C@H](C)[C@H](NC(=O)CNC(=O)c1ccc(C)c(C)c1)C(=O)O. The number of rotatable bonds is 7. The molecule has 0 aliphatic carbocycles. The van der Waals surface area contributed by atoms with Crippen LogP contribution in [-0.4, -0.2) is 35.5 Å². The van der Waals surface area contributed by atoms with Gasteiger partial charge in [-0.1, -0.05) is 26.3 Å². The average Bonchev–Trinajstić information content (AvgIpc) is 2.51. The molecule has 0 unspecified atom stereocenters. The third-order valence-electron chi connectivity index (χ3n) is 3.97. The summed E-state index contributed by atoms with van der Waals surface area (Å²) < 4.78 is 0. The summed E-state index contributed by atoms with van der Waals surface area (Å²) >= 11 is 0. The highest BCUT2D eigenvalue weighted by atomic mass is 16.4. The molecule has 0 aromatic heterocycles. The quantitative estimate of drug-likeness (QED) is 0.712. The summed E-state index contributed by atoms with van der Waals surface area (Å²) in [5, 5.41) is 14.1. The van der Waals surface area contributed by atoms with Crippen LogP contribution < -0.4 is 10.6 Å². The van der Waals surface area contributed by atoms with E-state index in [0.717, 1.165) is 11.1 Å². The zero-order valence-electron chi connectivity index (χ0n) is 14.0. The Morgan fingerprint density at radius 1 is 1.17 bits per heavy atom. The number of carbonyl (C=O) groups excluding carboxylic acids is 2. The van der Waals surface area contributed by atoms with E-state index in [-0.39, 0.29) is 18.4 Å². The molecule has 1 aromatic carbocycles. The number of aryl methyl sites for hydroxylation is 2. The van der Waals surface area contributed by atoms with E-state index in [2.05, 4.69) is 10.6 Å². The summed E-state index contributed by atoms with van der Waals surface area (Å²) in [4.78, 5) is 35.0. The summed E-state index contributed by atoms with van der Waals surface area (Å²) in [7, 11) is 0. The Kier molecular flexibility index (Phi) is 6.75. The van der Waals surface area contributed by atoms with Crippen molar-refractivity contribution in [1.82, 2.24) is 10.6 Å². The van der Waals surface area contributed by atoms with Gasteiger partial charge in [0, 0.05) is 5.56 Å². The van der Waals surface area contributed by atoms with Gasteiger partial charge in [-0.25, -0.2) is 4.79 Å². The highest BCUT2D eigenvalue weighted by Crippen LogP contribution is 2.10. The molecule has 0 saturated heterocycles. The van der Waals surface area contributed by atoms with Crippen LogP contribution in [0, 0.1) is 19.8 Å². The normalized spacial score (nSPS) is 13.0. The largest absolute Gasteiger partial charge is 0.480 e. The summed E-state index contributed by atoms with van der Waals surface area (Å²) in [6.07, 6.45) is 0.631. The van der Waals surface area contributed by atoms with E-state index in [4.69, 9.17) is 5.11 Å². The Balaban J connectivity index is 2.59. The summed E-state index contributed by atoms with van der Waals surface area (Å²) in [5.74, 6) is -2.14. The van der Waals surface area contributed by atoms with Gasteiger partial charge in [-0.3, -0.25) is 9.59 Å². The molecule has 0 aliphatic heterocycles. The van der Waals surface area contributed by atoms with Crippen LogP contribution in [0.1, 0.15) is 41.8 Å². The molecular formula is C17H24N2O4. The molecule has 126 valence electrons. The first kappa shape index (κ1) is 18.7. The molecule has 6 nitrogen and oxygen atoms in total. The number of hydrogen-bond acceptors (Lipinski definition) is 3. The Morgan fingerprint density at radius 2 is 1.83 bits per heavy atom. The van der Waals surface area contributed by atoms with E-state index in [1.54, 1.807) is 19.1 Å².